The van der Waals surface area contributed by atoms with Gasteiger partial charge in [0.1, 0.15) is 24.3 Å². The number of morpholine rings is 1. The number of benzene rings is 1. The number of nitrogens with one attached hydrogen (secondary N) is 1. The molecule has 2 rings (SSSR count). The normalized spacial score (nSPS) is 16.8. The van der Waals surface area contributed by atoms with Crippen LogP contribution in [0.15, 0.2) is 18.2 Å². The van der Waals surface area contributed by atoms with Crippen molar-refractivity contribution in [2.24, 2.45) is 0 Å². The smallest absolute Gasteiger partial charge is 0.234 e. The van der Waals surface area contributed by atoms with Crippen molar-refractivity contribution in [3.63, 3.8) is 0 Å². The molecular weight excluding hydrogens is 369 g/mol. The van der Waals surface area contributed by atoms with Crippen LogP contribution in [0.25, 0.3) is 0 Å². The Bertz CT molecular complexity index is 726. The van der Waals surface area contributed by atoms with Gasteiger partial charge in [0.05, 0.1) is 18.7 Å². The van der Waals surface area contributed by atoms with Crippen LogP contribution >= 0.6 is 0 Å². The van der Waals surface area contributed by atoms with Crippen molar-refractivity contribution in [3.8, 4) is 5.75 Å². The predicted molar refractivity (Wildman–Crippen MR) is 99.3 cm³/mol. The van der Waals surface area contributed by atoms with E-state index in [1.54, 1.807) is 19.0 Å². The molecule has 154 valence electrons. The molecule has 1 aromatic rings. The van der Waals surface area contributed by atoms with Crippen molar-refractivity contribution in [1.82, 2.24) is 15.3 Å². The fourth-order valence-electron chi connectivity index (χ4n) is 2.82. The number of carbonyl (C=O) groups excluding carboxylic acids is 3. The van der Waals surface area contributed by atoms with Gasteiger partial charge in [-0.15, -0.1) is 0 Å². The van der Waals surface area contributed by atoms with Gasteiger partial charge in [-0.3, -0.25) is 19.8 Å². The van der Waals surface area contributed by atoms with Crippen LogP contribution in [0.3, 0.4) is 0 Å². The zero-order valence-corrected chi connectivity index (χ0v) is 16.4. The van der Waals surface area contributed by atoms with E-state index in [4.69, 9.17) is 9.47 Å². The van der Waals surface area contributed by atoms with Crippen molar-refractivity contribution in [2.45, 2.75) is 25.9 Å². The van der Waals surface area contributed by atoms with Crippen LogP contribution in [0.4, 0.5) is 4.39 Å². The Kier molecular flexibility index (Phi) is 7.89. The first-order chi connectivity index (χ1) is 13.3. The molecule has 1 fully saturated rings. The maximum Gasteiger partial charge on any atom is 0.234 e. The van der Waals surface area contributed by atoms with Gasteiger partial charge in [0.25, 0.3) is 0 Å². The molecule has 1 heterocycles. The molecule has 0 aliphatic carbocycles. The Hall–Kier alpha value is -2.52. The van der Waals surface area contributed by atoms with Crippen LogP contribution in [0, 0.1) is 5.82 Å². The maximum atomic E-state index is 13.3. The van der Waals surface area contributed by atoms with Gasteiger partial charge in [-0.2, -0.15) is 0 Å². The Morgan fingerprint density at radius 3 is 2.75 bits per heavy atom. The molecule has 28 heavy (non-hydrogen) atoms. The van der Waals surface area contributed by atoms with E-state index in [0.29, 0.717) is 19.7 Å². The molecule has 1 atom stereocenters. The molecule has 1 N–H and O–H groups in total. The maximum absolute atomic E-state index is 13.3. The lowest BCUT2D eigenvalue weighted by atomic mass is 10.1. The summed E-state index contributed by atoms with van der Waals surface area (Å²) in [5.41, 5.74) is 2.75. The average molecular weight is 395 g/mol. The highest BCUT2D eigenvalue weighted by atomic mass is 19.1. The Morgan fingerprint density at radius 1 is 1.32 bits per heavy atom. The topological polar surface area (TPSA) is 88.2 Å². The standard InChI is InChI=1S/C19H26FN3O5/c1-13(24)16-10-14(20)4-5-17(16)28-12-15-11-23(8-9-27-15)19(26)7-6-18(25)21-22(2)3/h4-5,10,15H,6-9,11-12H2,1-3H3,(H,21,25). The number of hydrogen-bond donors (Lipinski definition) is 1. The van der Waals surface area contributed by atoms with Crippen molar-refractivity contribution in [1.29, 1.82) is 0 Å². The van der Waals surface area contributed by atoms with E-state index in [-0.39, 0.29) is 54.5 Å². The van der Waals surface area contributed by atoms with Crippen molar-refractivity contribution >= 4 is 17.6 Å². The third-order valence-corrected chi connectivity index (χ3v) is 4.15. The fraction of sp³-hybridized carbons (Fsp3) is 0.526. The first-order valence-corrected chi connectivity index (χ1v) is 9.05. The molecule has 2 amide bonds. The van der Waals surface area contributed by atoms with Crippen LogP contribution in [0.1, 0.15) is 30.1 Å². The molecule has 8 nitrogen and oxygen atoms in total. The molecule has 0 spiro atoms. The van der Waals surface area contributed by atoms with Gasteiger partial charge in [0, 0.05) is 33.5 Å². The Labute approximate surface area is 163 Å². The second-order valence-electron chi connectivity index (χ2n) is 6.77. The van der Waals surface area contributed by atoms with Crippen molar-refractivity contribution < 1.29 is 28.2 Å². The fourth-order valence-corrected chi connectivity index (χ4v) is 2.82. The third kappa shape index (κ3) is 6.58. The molecule has 0 saturated carbocycles. The summed E-state index contributed by atoms with van der Waals surface area (Å²) >= 11 is 0. The van der Waals surface area contributed by atoms with E-state index < -0.39 is 5.82 Å². The van der Waals surface area contributed by atoms with Crippen LogP contribution in [-0.2, 0) is 14.3 Å². The summed E-state index contributed by atoms with van der Waals surface area (Å²) in [4.78, 5) is 37.3. The van der Waals surface area contributed by atoms with E-state index in [1.807, 2.05) is 0 Å². The monoisotopic (exact) mass is 395 g/mol. The predicted octanol–water partition coefficient (Wildman–Crippen LogP) is 1.01. The molecule has 1 unspecified atom stereocenters. The second kappa shape index (κ2) is 10.1. The highest BCUT2D eigenvalue weighted by Crippen LogP contribution is 2.21. The molecule has 1 aliphatic heterocycles. The van der Waals surface area contributed by atoms with Crippen molar-refractivity contribution in [3.05, 3.63) is 29.6 Å². The summed E-state index contributed by atoms with van der Waals surface area (Å²) in [7, 11) is 3.40. The zero-order valence-electron chi connectivity index (χ0n) is 16.4. The van der Waals surface area contributed by atoms with E-state index in [0.717, 1.165) is 6.07 Å². The zero-order chi connectivity index (χ0) is 20.7. The van der Waals surface area contributed by atoms with E-state index in [9.17, 15) is 18.8 Å². The first-order valence-electron chi connectivity index (χ1n) is 9.05. The minimum absolute atomic E-state index is 0.104. The number of Topliss-reactive ketones (excluding diaryl/α,β-unsaturated/α-hetero) is 1. The number of ether oxygens (including phenoxy) is 2. The minimum atomic E-state index is -0.512. The molecule has 0 radical (unpaired) electrons. The number of nitrogens with zero attached hydrogens (tertiary/aromatic N) is 2. The molecule has 9 heteroatoms. The summed E-state index contributed by atoms with van der Waals surface area (Å²) in [5.74, 6) is -0.886. The van der Waals surface area contributed by atoms with E-state index in [2.05, 4.69) is 5.43 Å². The van der Waals surface area contributed by atoms with E-state index >= 15 is 0 Å². The van der Waals surface area contributed by atoms with Crippen LogP contribution in [-0.4, -0.2) is 74.0 Å². The molecular formula is C19H26FN3O5. The molecule has 1 aromatic carbocycles. The van der Waals surface area contributed by atoms with Crippen molar-refractivity contribution in [2.75, 3.05) is 40.4 Å². The van der Waals surface area contributed by atoms with Crippen LogP contribution in [0.5, 0.6) is 5.75 Å². The minimum Gasteiger partial charge on any atom is -0.490 e. The number of ketones is 1. The number of hydrazine groups is 1. The lowest BCUT2D eigenvalue weighted by Gasteiger charge is -2.33. The summed E-state index contributed by atoms with van der Waals surface area (Å²) < 4.78 is 24.6. The summed E-state index contributed by atoms with van der Waals surface area (Å²) in [6, 6.07) is 3.76. The molecule has 0 aromatic heterocycles. The lowest BCUT2D eigenvalue weighted by molar-refractivity contribution is -0.141. The van der Waals surface area contributed by atoms with Gasteiger partial charge in [0.15, 0.2) is 5.78 Å². The van der Waals surface area contributed by atoms with Gasteiger partial charge in [-0.25, -0.2) is 9.40 Å². The number of carbonyl (C=O) groups is 3. The van der Waals surface area contributed by atoms with Gasteiger partial charge >= 0.3 is 0 Å². The number of rotatable bonds is 8. The number of halogens is 1. The lowest BCUT2D eigenvalue weighted by Crippen LogP contribution is -2.48. The third-order valence-electron chi connectivity index (χ3n) is 4.15. The van der Waals surface area contributed by atoms with Crippen LogP contribution < -0.4 is 10.2 Å². The largest absolute Gasteiger partial charge is 0.490 e. The van der Waals surface area contributed by atoms with Gasteiger partial charge in [-0.05, 0) is 25.1 Å². The summed E-state index contributed by atoms with van der Waals surface area (Å²) in [6.45, 7) is 2.58. The average Bonchev–Trinajstić information content (AvgIpc) is 2.64. The van der Waals surface area contributed by atoms with E-state index in [1.165, 1.54) is 24.1 Å². The SMILES string of the molecule is CC(=O)c1cc(F)ccc1OCC1CN(C(=O)CCC(=O)NN(C)C)CCO1. The number of amides is 2. The first kappa shape index (κ1) is 21.8. The molecule has 1 saturated heterocycles. The second-order valence-corrected chi connectivity index (χ2v) is 6.77. The summed E-state index contributed by atoms with van der Waals surface area (Å²) in [6.07, 6.45) is -0.162. The van der Waals surface area contributed by atoms with Gasteiger partial charge in [0.2, 0.25) is 11.8 Å². The summed E-state index contributed by atoms with van der Waals surface area (Å²) in [5, 5.41) is 1.53. The van der Waals surface area contributed by atoms with Gasteiger partial charge < -0.3 is 14.4 Å². The Morgan fingerprint density at radius 2 is 2.07 bits per heavy atom. The number of hydrogen-bond acceptors (Lipinski definition) is 6. The Balaban J connectivity index is 1.86. The van der Waals surface area contributed by atoms with Crippen LogP contribution in [0.2, 0.25) is 0 Å². The highest BCUT2D eigenvalue weighted by molar-refractivity contribution is 5.96. The molecule has 1 aliphatic rings. The van der Waals surface area contributed by atoms with Gasteiger partial charge in [-0.1, -0.05) is 0 Å². The quantitative estimate of drug-likeness (QED) is 0.522. The molecule has 0 bridgehead atoms. The highest BCUT2D eigenvalue weighted by Gasteiger charge is 2.25.